The van der Waals surface area contributed by atoms with Crippen LogP contribution in [0.2, 0.25) is 0 Å². The van der Waals surface area contributed by atoms with Gasteiger partial charge in [-0.05, 0) is 19.1 Å². The lowest BCUT2D eigenvalue weighted by Crippen LogP contribution is -2.28. The van der Waals surface area contributed by atoms with Crippen molar-refractivity contribution in [2.24, 2.45) is 5.92 Å². The van der Waals surface area contributed by atoms with Crippen LogP contribution in [-0.2, 0) is 4.79 Å². The van der Waals surface area contributed by atoms with Crippen LogP contribution >= 0.6 is 0 Å². The van der Waals surface area contributed by atoms with E-state index in [2.05, 4.69) is 0 Å². The average Bonchev–Trinajstić information content (AvgIpc) is 2.18. The van der Waals surface area contributed by atoms with Crippen LogP contribution in [0.4, 0.5) is 5.69 Å². The van der Waals surface area contributed by atoms with Crippen molar-refractivity contribution in [3.05, 3.63) is 29.8 Å². The second kappa shape index (κ2) is 4.82. The monoisotopic (exact) mass is 207 g/mol. The molecule has 1 unspecified atom stereocenters. The number of nitrogens with zero attached hydrogens (tertiary/aromatic N) is 1. The first-order chi connectivity index (χ1) is 7.00. The Morgan fingerprint density at radius 3 is 2.40 bits per heavy atom. The number of hydrogen-bond donors (Lipinski definition) is 1. The van der Waals surface area contributed by atoms with Crippen LogP contribution in [0, 0.1) is 12.8 Å². The molecule has 1 N–H and O–H groups in total. The van der Waals surface area contributed by atoms with Crippen LogP contribution in [0.15, 0.2) is 24.3 Å². The van der Waals surface area contributed by atoms with Crippen LogP contribution in [0.25, 0.3) is 0 Å². The minimum absolute atomic E-state index is 0.351. The topological polar surface area (TPSA) is 40.5 Å². The zero-order chi connectivity index (χ0) is 11.4. The van der Waals surface area contributed by atoms with Crippen LogP contribution in [-0.4, -0.2) is 24.7 Å². The highest BCUT2D eigenvalue weighted by Gasteiger charge is 2.13. The average molecular weight is 207 g/mol. The van der Waals surface area contributed by atoms with Gasteiger partial charge >= 0.3 is 5.97 Å². The van der Waals surface area contributed by atoms with Gasteiger partial charge in [-0.2, -0.15) is 0 Å². The minimum Gasteiger partial charge on any atom is -0.481 e. The van der Waals surface area contributed by atoms with Gasteiger partial charge in [0.25, 0.3) is 0 Å². The van der Waals surface area contributed by atoms with E-state index in [0.29, 0.717) is 6.54 Å². The molecule has 82 valence electrons. The summed E-state index contributed by atoms with van der Waals surface area (Å²) in [5.41, 5.74) is 2.26. The summed E-state index contributed by atoms with van der Waals surface area (Å²) >= 11 is 0. The second-order valence-electron chi connectivity index (χ2n) is 3.96. The Morgan fingerprint density at radius 2 is 1.93 bits per heavy atom. The summed E-state index contributed by atoms with van der Waals surface area (Å²) in [6, 6.07) is 8.06. The molecule has 15 heavy (non-hydrogen) atoms. The molecular formula is C12H17NO2. The van der Waals surface area contributed by atoms with E-state index in [0.717, 1.165) is 5.69 Å². The van der Waals surface area contributed by atoms with E-state index >= 15 is 0 Å². The Labute approximate surface area is 90.3 Å². The molecule has 0 aliphatic rings. The van der Waals surface area contributed by atoms with Gasteiger partial charge in [0.1, 0.15) is 0 Å². The fraction of sp³-hybridized carbons (Fsp3) is 0.417. The van der Waals surface area contributed by atoms with Crippen molar-refractivity contribution in [1.29, 1.82) is 0 Å². The lowest BCUT2D eigenvalue weighted by atomic mass is 10.1. The van der Waals surface area contributed by atoms with Gasteiger partial charge in [0, 0.05) is 19.3 Å². The molecule has 1 aromatic carbocycles. The fourth-order valence-electron chi connectivity index (χ4n) is 1.39. The molecule has 0 aliphatic heterocycles. The second-order valence-corrected chi connectivity index (χ2v) is 3.96. The molecule has 0 aliphatic carbocycles. The maximum absolute atomic E-state index is 10.7. The SMILES string of the molecule is Cc1ccc(N(C)CC(C)C(=O)O)cc1. The van der Waals surface area contributed by atoms with Crippen molar-refractivity contribution < 1.29 is 9.90 Å². The van der Waals surface area contributed by atoms with E-state index in [9.17, 15) is 4.79 Å². The van der Waals surface area contributed by atoms with Crippen LogP contribution in [0.1, 0.15) is 12.5 Å². The molecule has 0 saturated carbocycles. The Balaban J connectivity index is 2.64. The summed E-state index contributed by atoms with van der Waals surface area (Å²) in [4.78, 5) is 12.7. The maximum Gasteiger partial charge on any atom is 0.308 e. The molecule has 0 heterocycles. The van der Waals surface area contributed by atoms with Crippen LogP contribution in [0.5, 0.6) is 0 Å². The van der Waals surface area contributed by atoms with E-state index in [1.807, 2.05) is 43.1 Å². The summed E-state index contributed by atoms with van der Waals surface area (Å²) in [5.74, 6) is -1.11. The minimum atomic E-state index is -0.756. The standard InChI is InChI=1S/C12H17NO2/c1-9-4-6-11(7-5-9)13(3)8-10(2)12(14)15/h4-7,10H,8H2,1-3H3,(H,14,15). The molecule has 0 amide bonds. The number of carbonyl (C=O) groups is 1. The van der Waals surface area contributed by atoms with Gasteiger partial charge in [0.15, 0.2) is 0 Å². The highest BCUT2D eigenvalue weighted by Crippen LogP contribution is 2.14. The maximum atomic E-state index is 10.7. The quantitative estimate of drug-likeness (QED) is 0.822. The molecule has 3 heteroatoms. The third kappa shape index (κ3) is 3.27. The third-order valence-corrected chi connectivity index (χ3v) is 2.44. The molecule has 0 saturated heterocycles. The summed E-state index contributed by atoms with van der Waals surface area (Å²) in [6.07, 6.45) is 0. The normalized spacial score (nSPS) is 12.2. The van der Waals surface area contributed by atoms with Crippen molar-refractivity contribution in [1.82, 2.24) is 0 Å². The molecule has 0 aromatic heterocycles. The number of benzene rings is 1. The highest BCUT2D eigenvalue weighted by molar-refractivity contribution is 5.70. The highest BCUT2D eigenvalue weighted by atomic mass is 16.4. The van der Waals surface area contributed by atoms with Crippen molar-refractivity contribution in [3.8, 4) is 0 Å². The van der Waals surface area contributed by atoms with Gasteiger partial charge in [0.2, 0.25) is 0 Å². The Bertz CT molecular complexity index is 332. The van der Waals surface area contributed by atoms with E-state index < -0.39 is 5.97 Å². The number of rotatable bonds is 4. The van der Waals surface area contributed by atoms with E-state index in [1.165, 1.54) is 5.56 Å². The largest absolute Gasteiger partial charge is 0.481 e. The van der Waals surface area contributed by atoms with E-state index in [4.69, 9.17) is 5.11 Å². The Kier molecular flexibility index (Phi) is 3.72. The van der Waals surface area contributed by atoms with E-state index in [1.54, 1.807) is 6.92 Å². The van der Waals surface area contributed by atoms with Crippen LogP contribution in [0.3, 0.4) is 0 Å². The fourth-order valence-corrected chi connectivity index (χ4v) is 1.39. The van der Waals surface area contributed by atoms with Gasteiger partial charge in [-0.3, -0.25) is 4.79 Å². The van der Waals surface area contributed by atoms with Gasteiger partial charge < -0.3 is 10.0 Å². The van der Waals surface area contributed by atoms with Crippen molar-refractivity contribution in [2.45, 2.75) is 13.8 Å². The van der Waals surface area contributed by atoms with Crippen molar-refractivity contribution in [3.63, 3.8) is 0 Å². The summed E-state index contributed by atoms with van der Waals surface area (Å²) < 4.78 is 0. The van der Waals surface area contributed by atoms with Gasteiger partial charge in [-0.1, -0.05) is 24.6 Å². The molecule has 3 nitrogen and oxygen atoms in total. The first kappa shape index (κ1) is 11.6. The van der Waals surface area contributed by atoms with Crippen molar-refractivity contribution in [2.75, 3.05) is 18.5 Å². The van der Waals surface area contributed by atoms with Crippen LogP contribution < -0.4 is 4.90 Å². The number of carboxylic acids is 1. The zero-order valence-electron chi connectivity index (χ0n) is 9.40. The number of aryl methyl sites for hydroxylation is 1. The predicted molar refractivity (Wildman–Crippen MR) is 61.2 cm³/mol. The predicted octanol–water partition coefficient (Wildman–Crippen LogP) is 2.15. The summed E-state index contributed by atoms with van der Waals surface area (Å²) in [6.45, 7) is 4.27. The molecular weight excluding hydrogens is 190 g/mol. The summed E-state index contributed by atoms with van der Waals surface area (Å²) in [7, 11) is 1.91. The molecule has 1 atom stereocenters. The Hall–Kier alpha value is -1.51. The molecule has 1 aromatic rings. The van der Waals surface area contributed by atoms with Crippen molar-refractivity contribution >= 4 is 11.7 Å². The number of hydrogen-bond acceptors (Lipinski definition) is 2. The van der Waals surface area contributed by atoms with E-state index in [-0.39, 0.29) is 5.92 Å². The van der Waals surface area contributed by atoms with Gasteiger partial charge in [-0.15, -0.1) is 0 Å². The molecule has 0 radical (unpaired) electrons. The molecule has 1 rings (SSSR count). The number of anilines is 1. The lowest BCUT2D eigenvalue weighted by Gasteiger charge is -2.21. The molecule has 0 bridgehead atoms. The summed E-state index contributed by atoms with van der Waals surface area (Å²) in [5, 5.41) is 8.80. The zero-order valence-corrected chi connectivity index (χ0v) is 9.40. The van der Waals surface area contributed by atoms with Gasteiger partial charge in [0.05, 0.1) is 5.92 Å². The Morgan fingerprint density at radius 1 is 1.40 bits per heavy atom. The smallest absolute Gasteiger partial charge is 0.308 e. The molecule has 0 fully saturated rings. The molecule has 0 spiro atoms. The first-order valence-electron chi connectivity index (χ1n) is 5.01. The number of carboxylic acid groups (broad SMARTS) is 1. The van der Waals surface area contributed by atoms with Gasteiger partial charge in [-0.25, -0.2) is 0 Å². The first-order valence-corrected chi connectivity index (χ1v) is 5.01. The number of aliphatic carboxylic acids is 1. The lowest BCUT2D eigenvalue weighted by molar-refractivity contribution is -0.140. The third-order valence-electron chi connectivity index (χ3n) is 2.44.